The lowest BCUT2D eigenvalue weighted by molar-refractivity contribution is 0.0736. The standard InChI is InChI=1S/C11H12ClFN2O.ClH/c12-10-7-8(13)1-2-9(10)11(16)15-5-3-14-4-6-15;/h1-2,7,14H,3-6H2;1H. The summed E-state index contributed by atoms with van der Waals surface area (Å²) >= 11 is 5.84. The Labute approximate surface area is 110 Å². The molecule has 17 heavy (non-hydrogen) atoms. The Bertz CT molecular complexity index is 408. The predicted molar refractivity (Wildman–Crippen MR) is 67.4 cm³/mol. The molecule has 0 unspecified atom stereocenters. The first-order chi connectivity index (χ1) is 7.68. The lowest BCUT2D eigenvalue weighted by Gasteiger charge is -2.27. The second-order valence-corrected chi connectivity index (χ2v) is 4.07. The van der Waals surface area contributed by atoms with Crippen molar-refractivity contribution in [1.82, 2.24) is 10.2 Å². The fourth-order valence-corrected chi connectivity index (χ4v) is 1.95. The number of carbonyl (C=O) groups is 1. The number of carbonyl (C=O) groups excluding carboxylic acids is 1. The van der Waals surface area contributed by atoms with Gasteiger partial charge in [0.25, 0.3) is 5.91 Å². The average Bonchev–Trinajstić information content (AvgIpc) is 2.29. The normalized spacial score (nSPS) is 15.3. The number of nitrogens with zero attached hydrogens (tertiary/aromatic N) is 1. The van der Waals surface area contributed by atoms with Crippen LogP contribution in [0.2, 0.25) is 5.02 Å². The lowest BCUT2D eigenvalue weighted by Crippen LogP contribution is -2.46. The minimum atomic E-state index is -0.429. The predicted octanol–water partition coefficient (Wildman–Crippen LogP) is 1.95. The molecule has 0 bridgehead atoms. The van der Waals surface area contributed by atoms with E-state index >= 15 is 0 Å². The van der Waals surface area contributed by atoms with Gasteiger partial charge in [-0.25, -0.2) is 4.39 Å². The smallest absolute Gasteiger partial charge is 0.255 e. The molecular formula is C11H13Cl2FN2O. The maximum atomic E-state index is 12.8. The van der Waals surface area contributed by atoms with Gasteiger partial charge in [-0.15, -0.1) is 12.4 Å². The van der Waals surface area contributed by atoms with Crippen LogP contribution in [0, 0.1) is 5.82 Å². The van der Waals surface area contributed by atoms with Gasteiger partial charge in [0.1, 0.15) is 5.82 Å². The summed E-state index contributed by atoms with van der Waals surface area (Å²) in [5.41, 5.74) is 0.366. The van der Waals surface area contributed by atoms with Crippen LogP contribution in [-0.4, -0.2) is 37.0 Å². The quantitative estimate of drug-likeness (QED) is 0.852. The fourth-order valence-electron chi connectivity index (χ4n) is 1.70. The summed E-state index contributed by atoms with van der Waals surface area (Å²) in [6.07, 6.45) is 0. The number of piperazine rings is 1. The summed E-state index contributed by atoms with van der Waals surface area (Å²) in [4.78, 5) is 13.7. The first kappa shape index (κ1) is 14.2. The van der Waals surface area contributed by atoms with Gasteiger partial charge in [0.2, 0.25) is 0 Å². The molecule has 0 radical (unpaired) electrons. The van der Waals surface area contributed by atoms with Crippen molar-refractivity contribution in [3.05, 3.63) is 34.6 Å². The van der Waals surface area contributed by atoms with Crippen LogP contribution in [0.4, 0.5) is 4.39 Å². The zero-order valence-corrected chi connectivity index (χ0v) is 10.7. The number of nitrogens with one attached hydrogen (secondary N) is 1. The molecule has 1 aromatic carbocycles. The molecule has 0 aliphatic carbocycles. The molecule has 1 heterocycles. The van der Waals surface area contributed by atoms with Crippen molar-refractivity contribution in [2.45, 2.75) is 0 Å². The monoisotopic (exact) mass is 278 g/mol. The first-order valence-electron chi connectivity index (χ1n) is 5.13. The van der Waals surface area contributed by atoms with E-state index in [1.807, 2.05) is 0 Å². The van der Waals surface area contributed by atoms with E-state index in [0.717, 1.165) is 19.2 Å². The van der Waals surface area contributed by atoms with Gasteiger partial charge in [-0.1, -0.05) is 11.6 Å². The van der Waals surface area contributed by atoms with Gasteiger partial charge < -0.3 is 10.2 Å². The highest BCUT2D eigenvalue weighted by Crippen LogP contribution is 2.19. The topological polar surface area (TPSA) is 32.3 Å². The highest BCUT2D eigenvalue weighted by atomic mass is 35.5. The Morgan fingerprint density at radius 1 is 1.35 bits per heavy atom. The van der Waals surface area contributed by atoms with Crippen LogP contribution in [0.25, 0.3) is 0 Å². The van der Waals surface area contributed by atoms with Gasteiger partial charge in [0.15, 0.2) is 0 Å². The Balaban J connectivity index is 0.00000144. The Kier molecular flexibility index (Phi) is 5.18. The third-order valence-corrected chi connectivity index (χ3v) is 2.88. The van der Waals surface area contributed by atoms with E-state index < -0.39 is 5.82 Å². The Morgan fingerprint density at radius 3 is 2.59 bits per heavy atom. The van der Waals surface area contributed by atoms with Crippen molar-refractivity contribution in [3.63, 3.8) is 0 Å². The zero-order chi connectivity index (χ0) is 11.5. The maximum absolute atomic E-state index is 12.8. The molecular weight excluding hydrogens is 266 g/mol. The minimum absolute atomic E-state index is 0. The molecule has 1 amide bonds. The van der Waals surface area contributed by atoms with Crippen molar-refractivity contribution in [2.24, 2.45) is 0 Å². The molecule has 3 nitrogen and oxygen atoms in total. The molecule has 1 fully saturated rings. The van der Waals surface area contributed by atoms with Gasteiger partial charge >= 0.3 is 0 Å². The number of hydrogen-bond donors (Lipinski definition) is 1. The molecule has 1 N–H and O–H groups in total. The van der Waals surface area contributed by atoms with E-state index in [2.05, 4.69) is 5.32 Å². The minimum Gasteiger partial charge on any atom is -0.336 e. The van der Waals surface area contributed by atoms with Crippen molar-refractivity contribution in [3.8, 4) is 0 Å². The van der Waals surface area contributed by atoms with Crippen molar-refractivity contribution in [2.75, 3.05) is 26.2 Å². The molecule has 0 aromatic heterocycles. The largest absolute Gasteiger partial charge is 0.336 e. The second-order valence-electron chi connectivity index (χ2n) is 3.67. The van der Waals surface area contributed by atoms with Crippen molar-refractivity contribution >= 4 is 29.9 Å². The number of rotatable bonds is 1. The van der Waals surface area contributed by atoms with E-state index in [1.165, 1.54) is 12.1 Å². The molecule has 0 spiro atoms. The molecule has 1 saturated heterocycles. The highest BCUT2D eigenvalue weighted by molar-refractivity contribution is 6.33. The van der Waals surface area contributed by atoms with E-state index in [9.17, 15) is 9.18 Å². The molecule has 94 valence electrons. The van der Waals surface area contributed by atoms with E-state index in [-0.39, 0.29) is 23.3 Å². The summed E-state index contributed by atoms with van der Waals surface area (Å²) in [7, 11) is 0. The van der Waals surface area contributed by atoms with Gasteiger partial charge in [0.05, 0.1) is 10.6 Å². The SMILES string of the molecule is Cl.O=C(c1ccc(F)cc1Cl)N1CCNCC1. The lowest BCUT2D eigenvalue weighted by atomic mass is 10.2. The summed E-state index contributed by atoms with van der Waals surface area (Å²) in [6.45, 7) is 2.88. The zero-order valence-electron chi connectivity index (χ0n) is 9.08. The van der Waals surface area contributed by atoms with Crippen molar-refractivity contribution in [1.29, 1.82) is 0 Å². The van der Waals surface area contributed by atoms with Crippen LogP contribution in [0.1, 0.15) is 10.4 Å². The molecule has 1 aliphatic heterocycles. The molecule has 1 aromatic rings. The molecule has 1 aliphatic rings. The van der Waals surface area contributed by atoms with Gasteiger partial charge in [0, 0.05) is 26.2 Å². The third kappa shape index (κ3) is 3.31. The summed E-state index contributed by atoms with van der Waals surface area (Å²) in [5.74, 6) is -0.562. The maximum Gasteiger partial charge on any atom is 0.255 e. The summed E-state index contributed by atoms with van der Waals surface area (Å²) < 4.78 is 12.8. The number of hydrogen-bond acceptors (Lipinski definition) is 2. The molecule has 0 atom stereocenters. The van der Waals surface area contributed by atoms with Crippen LogP contribution in [0.5, 0.6) is 0 Å². The first-order valence-corrected chi connectivity index (χ1v) is 5.51. The van der Waals surface area contributed by atoms with E-state index in [4.69, 9.17) is 11.6 Å². The average molecular weight is 279 g/mol. The van der Waals surface area contributed by atoms with Crippen LogP contribution in [0.3, 0.4) is 0 Å². The van der Waals surface area contributed by atoms with Gasteiger partial charge in [-0.05, 0) is 18.2 Å². The van der Waals surface area contributed by atoms with Crippen LogP contribution in [-0.2, 0) is 0 Å². The van der Waals surface area contributed by atoms with Crippen LogP contribution in [0.15, 0.2) is 18.2 Å². The van der Waals surface area contributed by atoms with Crippen LogP contribution >= 0.6 is 24.0 Å². The Morgan fingerprint density at radius 2 is 2.00 bits per heavy atom. The van der Waals surface area contributed by atoms with E-state index in [0.29, 0.717) is 18.7 Å². The molecule has 6 heteroatoms. The van der Waals surface area contributed by atoms with Gasteiger partial charge in [-0.3, -0.25) is 4.79 Å². The summed E-state index contributed by atoms with van der Waals surface area (Å²) in [6, 6.07) is 3.85. The fraction of sp³-hybridized carbons (Fsp3) is 0.364. The third-order valence-electron chi connectivity index (χ3n) is 2.57. The van der Waals surface area contributed by atoms with Gasteiger partial charge in [-0.2, -0.15) is 0 Å². The van der Waals surface area contributed by atoms with E-state index in [1.54, 1.807) is 4.90 Å². The molecule has 0 saturated carbocycles. The van der Waals surface area contributed by atoms with Crippen LogP contribution < -0.4 is 5.32 Å². The molecule has 2 rings (SSSR count). The van der Waals surface area contributed by atoms with Crippen molar-refractivity contribution < 1.29 is 9.18 Å². The highest BCUT2D eigenvalue weighted by Gasteiger charge is 2.20. The number of halogens is 3. The Hall–Kier alpha value is -0.840. The number of amides is 1. The summed E-state index contributed by atoms with van der Waals surface area (Å²) in [5, 5.41) is 3.33. The number of benzene rings is 1. The second kappa shape index (κ2) is 6.19.